The Bertz CT molecular complexity index is 213. The number of carboxylic acid groups (broad SMARTS) is 1. The quantitative estimate of drug-likeness (QED) is 0.437. The third kappa shape index (κ3) is 2.96. The van der Waals surface area contributed by atoms with Crippen LogP contribution < -0.4 is 10.6 Å². The molecule has 1 saturated heterocycles. The van der Waals surface area contributed by atoms with E-state index >= 15 is 0 Å². The molecule has 0 saturated carbocycles. The topological polar surface area (TPSA) is 95.5 Å². The average Bonchev–Trinajstić information content (AvgIpc) is 1.85. The van der Waals surface area contributed by atoms with Crippen molar-refractivity contribution in [1.82, 2.24) is 10.6 Å². The number of carboxylic acids is 1. The molecular formula is C5H6CaN2O4. The molecule has 1 atom stereocenters. The number of rotatable bonds is 1. The van der Waals surface area contributed by atoms with Gasteiger partial charge in [-0.2, -0.15) is 0 Å². The zero-order chi connectivity index (χ0) is 8.43. The van der Waals surface area contributed by atoms with Crippen LogP contribution in [-0.2, 0) is 9.59 Å². The standard InChI is InChI=1S/C5H6N2O4.Ca/c8-3-1-2(4(9)10)6-5(11)7-3;/h2H,1H2,(H,9,10)(H2,6,7,8,11);. The average molecular weight is 198 g/mol. The summed E-state index contributed by atoms with van der Waals surface area (Å²) < 4.78 is 0. The molecule has 12 heavy (non-hydrogen) atoms. The van der Waals surface area contributed by atoms with Gasteiger partial charge in [0.2, 0.25) is 5.91 Å². The van der Waals surface area contributed by atoms with Crippen LogP contribution in [-0.4, -0.2) is 66.8 Å². The maximum absolute atomic E-state index is 10.6. The van der Waals surface area contributed by atoms with Crippen molar-refractivity contribution in [2.75, 3.05) is 0 Å². The number of urea groups is 1. The van der Waals surface area contributed by atoms with Crippen LogP contribution in [0.2, 0.25) is 0 Å². The largest absolute Gasteiger partial charge is 0.480 e. The Labute approximate surface area is 97.7 Å². The van der Waals surface area contributed by atoms with Gasteiger partial charge in [-0.3, -0.25) is 10.1 Å². The van der Waals surface area contributed by atoms with E-state index in [4.69, 9.17) is 5.11 Å². The molecule has 2 radical (unpaired) electrons. The summed E-state index contributed by atoms with van der Waals surface area (Å²) in [4.78, 5) is 31.3. The van der Waals surface area contributed by atoms with Gasteiger partial charge < -0.3 is 10.4 Å². The molecule has 3 N–H and O–H groups in total. The Hall–Kier alpha value is -0.330. The maximum atomic E-state index is 10.6. The summed E-state index contributed by atoms with van der Waals surface area (Å²) in [6.45, 7) is 0. The van der Waals surface area contributed by atoms with Crippen LogP contribution in [0, 0.1) is 0 Å². The van der Waals surface area contributed by atoms with E-state index in [2.05, 4.69) is 5.32 Å². The van der Waals surface area contributed by atoms with Gasteiger partial charge in [0, 0.05) is 37.7 Å². The maximum Gasteiger partial charge on any atom is 0.326 e. The van der Waals surface area contributed by atoms with Gasteiger partial charge >= 0.3 is 12.0 Å². The summed E-state index contributed by atoms with van der Waals surface area (Å²) in [7, 11) is 0. The van der Waals surface area contributed by atoms with E-state index < -0.39 is 23.9 Å². The molecule has 6 nitrogen and oxygen atoms in total. The molecule has 0 aromatic heterocycles. The molecule has 3 amide bonds. The fraction of sp³-hybridized carbons (Fsp3) is 0.400. The molecule has 0 spiro atoms. The molecule has 1 heterocycles. The Morgan fingerprint density at radius 2 is 2.08 bits per heavy atom. The number of hydrogen-bond acceptors (Lipinski definition) is 3. The molecule has 7 heteroatoms. The second-order valence-electron chi connectivity index (χ2n) is 2.12. The first-order chi connectivity index (χ1) is 5.09. The van der Waals surface area contributed by atoms with E-state index in [1.165, 1.54) is 0 Å². The SMILES string of the molecule is O=C1CC(C(=O)O)NC(=O)N1.[Ca]. The molecule has 1 aliphatic heterocycles. The second kappa shape index (κ2) is 4.64. The van der Waals surface area contributed by atoms with Gasteiger partial charge in [-0.1, -0.05) is 0 Å². The molecule has 62 valence electrons. The smallest absolute Gasteiger partial charge is 0.326 e. The number of carbonyl (C=O) groups is 3. The summed E-state index contributed by atoms with van der Waals surface area (Å²) in [6, 6.07) is -1.84. The molecule has 1 unspecified atom stereocenters. The van der Waals surface area contributed by atoms with Crippen molar-refractivity contribution in [3.8, 4) is 0 Å². The third-order valence-electron chi connectivity index (χ3n) is 1.25. The van der Waals surface area contributed by atoms with Gasteiger partial charge in [0.1, 0.15) is 6.04 Å². The van der Waals surface area contributed by atoms with Crippen LogP contribution in [0.5, 0.6) is 0 Å². The van der Waals surface area contributed by atoms with Crippen molar-refractivity contribution in [1.29, 1.82) is 0 Å². The van der Waals surface area contributed by atoms with Gasteiger partial charge in [-0.25, -0.2) is 9.59 Å². The van der Waals surface area contributed by atoms with Crippen LogP contribution in [0.3, 0.4) is 0 Å². The van der Waals surface area contributed by atoms with Crippen molar-refractivity contribution in [3.63, 3.8) is 0 Å². The van der Waals surface area contributed by atoms with Gasteiger partial charge in [0.05, 0.1) is 6.42 Å². The molecule has 0 aliphatic carbocycles. The zero-order valence-electron chi connectivity index (χ0n) is 6.16. The minimum atomic E-state index is -1.20. The number of nitrogens with one attached hydrogen (secondary N) is 2. The van der Waals surface area contributed by atoms with Gasteiger partial charge in [-0.15, -0.1) is 0 Å². The van der Waals surface area contributed by atoms with E-state index in [9.17, 15) is 14.4 Å². The first-order valence-corrected chi connectivity index (χ1v) is 2.93. The predicted octanol–water partition coefficient (Wildman–Crippen LogP) is -1.71. The number of imide groups is 1. The van der Waals surface area contributed by atoms with Crippen LogP contribution in [0.1, 0.15) is 6.42 Å². The summed E-state index contributed by atoms with van der Waals surface area (Å²) in [5.41, 5.74) is 0. The fourth-order valence-corrected chi connectivity index (χ4v) is 0.757. The summed E-state index contributed by atoms with van der Waals surface area (Å²) in [5, 5.41) is 12.4. The minimum Gasteiger partial charge on any atom is -0.480 e. The molecule has 1 fully saturated rings. The van der Waals surface area contributed by atoms with Crippen LogP contribution >= 0.6 is 0 Å². The van der Waals surface area contributed by atoms with Gasteiger partial charge in [0.25, 0.3) is 0 Å². The second-order valence-corrected chi connectivity index (χ2v) is 2.12. The number of aliphatic carboxylic acids is 1. The van der Waals surface area contributed by atoms with Crippen molar-refractivity contribution >= 4 is 55.6 Å². The van der Waals surface area contributed by atoms with E-state index in [-0.39, 0.29) is 44.2 Å². The minimum absolute atomic E-state index is 0. The predicted molar refractivity (Wildman–Crippen MR) is 38.5 cm³/mol. The zero-order valence-corrected chi connectivity index (χ0v) is 8.37. The van der Waals surface area contributed by atoms with E-state index in [1.54, 1.807) is 0 Å². The van der Waals surface area contributed by atoms with E-state index in [1.807, 2.05) is 5.32 Å². The molecule has 1 rings (SSSR count). The first-order valence-electron chi connectivity index (χ1n) is 2.93. The molecule has 0 aromatic carbocycles. The number of amides is 3. The Balaban J connectivity index is 0.00000121. The third-order valence-corrected chi connectivity index (χ3v) is 1.25. The van der Waals surface area contributed by atoms with Crippen LogP contribution in [0.4, 0.5) is 4.79 Å². The first kappa shape index (κ1) is 11.7. The Kier molecular flexibility index (Phi) is 4.51. The summed E-state index contributed by atoms with van der Waals surface area (Å²) >= 11 is 0. The van der Waals surface area contributed by atoms with E-state index in [0.29, 0.717) is 0 Å². The van der Waals surface area contributed by atoms with Crippen molar-refractivity contribution in [2.24, 2.45) is 0 Å². The molecule has 0 aromatic rings. The molecule has 0 bridgehead atoms. The Morgan fingerprint density at radius 3 is 2.50 bits per heavy atom. The molecular weight excluding hydrogens is 192 g/mol. The number of hydrogen-bond donors (Lipinski definition) is 3. The van der Waals surface area contributed by atoms with Crippen molar-refractivity contribution in [3.05, 3.63) is 0 Å². The van der Waals surface area contributed by atoms with Crippen molar-refractivity contribution in [2.45, 2.75) is 12.5 Å². The van der Waals surface area contributed by atoms with Gasteiger partial charge in [0.15, 0.2) is 0 Å². The Morgan fingerprint density at radius 1 is 1.50 bits per heavy atom. The van der Waals surface area contributed by atoms with Crippen LogP contribution in [0.15, 0.2) is 0 Å². The summed E-state index contributed by atoms with van der Waals surface area (Å²) in [5.74, 6) is -1.77. The number of carbonyl (C=O) groups excluding carboxylic acids is 2. The van der Waals surface area contributed by atoms with Gasteiger partial charge in [-0.05, 0) is 0 Å². The van der Waals surface area contributed by atoms with Crippen LogP contribution in [0.25, 0.3) is 0 Å². The fourth-order valence-electron chi connectivity index (χ4n) is 0.757. The monoisotopic (exact) mass is 198 g/mol. The van der Waals surface area contributed by atoms with Crippen molar-refractivity contribution < 1.29 is 19.5 Å². The van der Waals surface area contributed by atoms with E-state index in [0.717, 1.165) is 0 Å². The summed E-state index contributed by atoms with van der Waals surface area (Å²) in [6.07, 6.45) is -0.207. The normalized spacial score (nSPS) is 21.8. The molecule has 1 aliphatic rings.